The molecule has 0 saturated heterocycles. The van der Waals surface area contributed by atoms with E-state index in [2.05, 4.69) is 10.5 Å². The number of halogens is 3. The minimum atomic E-state index is -4.32. The van der Waals surface area contributed by atoms with Crippen LogP contribution < -0.4 is 10.6 Å². The van der Waals surface area contributed by atoms with Crippen LogP contribution in [0.5, 0.6) is 0 Å². The standard InChI is InChI=1S/C10H14F3N3O2/c1-6-8(7(2)18-16-6)3-15-9(17)4-14-5-10(11,12)13/h14H,3-5H2,1-2H3,(H,15,17). The van der Waals surface area contributed by atoms with E-state index in [0.29, 0.717) is 11.5 Å². The lowest BCUT2D eigenvalue weighted by Crippen LogP contribution is -2.38. The summed E-state index contributed by atoms with van der Waals surface area (Å²) >= 11 is 0. The Morgan fingerprint density at radius 3 is 2.56 bits per heavy atom. The van der Waals surface area contributed by atoms with E-state index in [9.17, 15) is 18.0 Å². The maximum absolute atomic E-state index is 11.8. The van der Waals surface area contributed by atoms with Crippen LogP contribution in [0.2, 0.25) is 0 Å². The normalized spacial score (nSPS) is 11.6. The van der Waals surface area contributed by atoms with E-state index in [-0.39, 0.29) is 13.1 Å². The molecule has 1 heterocycles. The SMILES string of the molecule is Cc1noc(C)c1CNC(=O)CNCC(F)(F)F. The molecule has 8 heteroatoms. The highest BCUT2D eigenvalue weighted by Crippen LogP contribution is 2.12. The van der Waals surface area contributed by atoms with E-state index in [0.717, 1.165) is 5.56 Å². The Hall–Kier alpha value is -1.57. The molecule has 18 heavy (non-hydrogen) atoms. The molecule has 0 aliphatic heterocycles. The molecule has 0 unspecified atom stereocenters. The Bertz CT molecular complexity index is 395. The highest BCUT2D eigenvalue weighted by atomic mass is 19.4. The number of aryl methyl sites for hydroxylation is 2. The molecule has 1 aromatic rings. The lowest BCUT2D eigenvalue weighted by Gasteiger charge is -2.08. The van der Waals surface area contributed by atoms with Gasteiger partial charge >= 0.3 is 6.18 Å². The summed E-state index contributed by atoms with van der Waals surface area (Å²) in [4.78, 5) is 11.3. The lowest BCUT2D eigenvalue weighted by molar-refractivity contribution is -0.128. The minimum absolute atomic E-state index is 0.188. The molecule has 0 aliphatic rings. The van der Waals surface area contributed by atoms with E-state index < -0.39 is 18.6 Å². The van der Waals surface area contributed by atoms with Gasteiger partial charge in [-0.15, -0.1) is 0 Å². The number of amides is 1. The van der Waals surface area contributed by atoms with Gasteiger partial charge in [0.05, 0.1) is 18.8 Å². The van der Waals surface area contributed by atoms with E-state index in [1.54, 1.807) is 13.8 Å². The zero-order valence-corrected chi connectivity index (χ0v) is 10.0. The molecular weight excluding hydrogens is 251 g/mol. The highest BCUT2D eigenvalue weighted by Gasteiger charge is 2.26. The maximum Gasteiger partial charge on any atom is 0.401 e. The molecular formula is C10H14F3N3O2. The molecule has 2 N–H and O–H groups in total. The summed E-state index contributed by atoms with van der Waals surface area (Å²) in [5, 5.41) is 8.19. The van der Waals surface area contributed by atoms with Gasteiger partial charge in [0.15, 0.2) is 0 Å². The largest absolute Gasteiger partial charge is 0.401 e. The van der Waals surface area contributed by atoms with Crippen LogP contribution in [0.15, 0.2) is 4.52 Å². The third-order valence-electron chi connectivity index (χ3n) is 2.25. The summed E-state index contributed by atoms with van der Waals surface area (Å²) < 4.78 is 40.3. The van der Waals surface area contributed by atoms with Crippen molar-refractivity contribution in [3.63, 3.8) is 0 Å². The summed E-state index contributed by atoms with van der Waals surface area (Å²) in [7, 11) is 0. The van der Waals surface area contributed by atoms with Gasteiger partial charge in [-0.05, 0) is 13.8 Å². The fraction of sp³-hybridized carbons (Fsp3) is 0.600. The molecule has 0 aliphatic carbocycles. The molecule has 1 rings (SSSR count). The molecule has 0 saturated carbocycles. The molecule has 0 spiro atoms. The fourth-order valence-corrected chi connectivity index (χ4v) is 1.32. The van der Waals surface area contributed by atoms with Crippen molar-refractivity contribution in [1.82, 2.24) is 15.8 Å². The van der Waals surface area contributed by atoms with Crippen molar-refractivity contribution >= 4 is 5.91 Å². The number of carbonyl (C=O) groups is 1. The predicted molar refractivity (Wildman–Crippen MR) is 56.7 cm³/mol. The summed E-state index contributed by atoms with van der Waals surface area (Å²) in [5.41, 5.74) is 1.38. The van der Waals surface area contributed by atoms with Crippen molar-refractivity contribution in [2.75, 3.05) is 13.1 Å². The molecule has 1 amide bonds. The van der Waals surface area contributed by atoms with Gasteiger partial charge in [0.2, 0.25) is 5.91 Å². The van der Waals surface area contributed by atoms with Gasteiger partial charge in [0.1, 0.15) is 5.76 Å². The molecule has 102 valence electrons. The molecule has 0 fully saturated rings. The van der Waals surface area contributed by atoms with Gasteiger partial charge in [0, 0.05) is 12.1 Å². The Kier molecular flexibility index (Phi) is 4.71. The van der Waals surface area contributed by atoms with Crippen LogP contribution in [0.1, 0.15) is 17.0 Å². The average molecular weight is 265 g/mol. The number of nitrogens with one attached hydrogen (secondary N) is 2. The molecule has 1 aromatic heterocycles. The third-order valence-corrected chi connectivity index (χ3v) is 2.25. The highest BCUT2D eigenvalue weighted by molar-refractivity contribution is 5.78. The Labute approximate surface area is 102 Å². The second-order valence-corrected chi connectivity index (χ2v) is 3.80. The first-order chi connectivity index (χ1) is 8.29. The predicted octanol–water partition coefficient (Wildman–Crippen LogP) is 1.06. The maximum atomic E-state index is 11.8. The van der Waals surface area contributed by atoms with Crippen LogP contribution in [0, 0.1) is 13.8 Å². The summed E-state index contributed by atoms with van der Waals surface area (Å²) in [5.74, 6) is 0.0651. The number of aromatic nitrogens is 1. The van der Waals surface area contributed by atoms with Crippen molar-refractivity contribution in [3.05, 3.63) is 17.0 Å². The topological polar surface area (TPSA) is 67.2 Å². The molecule has 0 atom stereocenters. The lowest BCUT2D eigenvalue weighted by atomic mass is 10.2. The van der Waals surface area contributed by atoms with E-state index in [1.807, 2.05) is 5.32 Å². The van der Waals surface area contributed by atoms with Gasteiger partial charge in [0.25, 0.3) is 0 Å². The van der Waals surface area contributed by atoms with Crippen molar-refractivity contribution in [2.24, 2.45) is 0 Å². The number of carbonyl (C=O) groups excluding carboxylic acids is 1. The number of nitrogens with zero attached hydrogens (tertiary/aromatic N) is 1. The summed E-state index contributed by atoms with van der Waals surface area (Å²) in [6.07, 6.45) is -4.32. The van der Waals surface area contributed by atoms with Gasteiger partial charge in [-0.3, -0.25) is 4.79 Å². The zero-order chi connectivity index (χ0) is 13.8. The molecule has 0 bridgehead atoms. The van der Waals surface area contributed by atoms with E-state index in [1.165, 1.54) is 0 Å². The van der Waals surface area contributed by atoms with Gasteiger partial charge in [-0.2, -0.15) is 13.2 Å². The fourth-order valence-electron chi connectivity index (χ4n) is 1.32. The van der Waals surface area contributed by atoms with Crippen LogP contribution in [-0.2, 0) is 11.3 Å². The Morgan fingerprint density at radius 2 is 2.06 bits per heavy atom. The van der Waals surface area contributed by atoms with Crippen LogP contribution in [0.3, 0.4) is 0 Å². The quantitative estimate of drug-likeness (QED) is 0.835. The second-order valence-electron chi connectivity index (χ2n) is 3.80. The smallest absolute Gasteiger partial charge is 0.361 e. The number of rotatable bonds is 5. The molecule has 0 radical (unpaired) electrons. The van der Waals surface area contributed by atoms with Crippen LogP contribution >= 0.6 is 0 Å². The van der Waals surface area contributed by atoms with Crippen molar-refractivity contribution in [3.8, 4) is 0 Å². The molecule has 5 nitrogen and oxygen atoms in total. The third kappa shape index (κ3) is 4.74. The van der Waals surface area contributed by atoms with Crippen molar-refractivity contribution in [2.45, 2.75) is 26.6 Å². The van der Waals surface area contributed by atoms with E-state index >= 15 is 0 Å². The number of hydrogen-bond acceptors (Lipinski definition) is 4. The minimum Gasteiger partial charge on any atom is -0.361 e. The van der Waals surface area contributed by atoms with Crippen LogP contribution in [-0.4, -0.2) is 30.3 Å². The Balaban J connectivity index is 2.30. The second kappa shape index (κ2) is 5.85. The number of hydrogen-bond donors (Lipinski definition) is 2. The van der Waals surface area contributed by atoms with Gasteiger partial charge < -0.3 is 15.2 Å². The average Bonchev–Trinajstić information content (AvgIpc) is 2.54. The first-order valence-corrected chi connectivity index (χ1v) is 5.25. The van der Waals surface area contributed by atoms with Gasteiger partial charge in [-0.25, -0.2) is 0 Å². The Morgan fingerprint density at radius 1 is 1.39 bits per heavy atom. The monoisotopic (exact) mass is 265 g/mol. The van der Waals surface area contributed by atoms with E-state index in [4.69, 9.17) is 4.52 Å². The first-order valence-electron chi connectivity index (χ1n) is 5.25. The molecule has 0 aromatic carbocycles. The van der Waals surface area contributed by atoms with Crippen molar-refractivity contribution in [1.29, 1.82) is 0 Å². The van der Waals surface area contributed by atoms with Gasteiger partial charge in [-0.1, -0.05) is 5.16 Å². The zero-order valence-electron chi connectivity index (χ0n) is 10.0. The number of alkyl halides is 3. The summed E-state index contributed by atoms with van der Waals surface area (Å²) in [6, 6.07) is 0. The summed E-state index contributed by atoms with van der Waals surface area (Å²) in [6.45, 7) is 2.03. The van der Waals surface area contributed by atoms with Crippen LogP contribution in [0.25, 0.3) is 0 Å². The van der Waals surface area contributed by atoms with Crippen LogP contribution in [0.4, 0.5) is 13.2 Å². The first kappa shape index (κ1) is 14.5. The van der Waals surface area contributed by atoms with Crippen molar-refractivity contribution < 1.29 is 22.5 Å².